The molecule has 0 saturated heterocycles. The van der Waals surface area contributed by atoms with Gasteiger partial charge in [-0.1, -0.05) is 51.2 Å². The van der Waals surface area contributed by atoms with Gasteiger partial charge in [0, 0.05) is 44.9 Å². The number of hydrogen-bond donors (Lipinski definition) is 0. The second-order valence-corrected chi connectivity index (χ2v) is 19.1. The Bertz CT molecular complexity index is 2360. The first-order chi connectivity index (χ1) is 34.5. The number of carbonyl (C=O) groups excluding carboxylic acids is 3. The van der Waals surface area contributed by atoms with Crippen LogP contribution in [0, 0.1) is 13.8 Å². The van der Waals surface area contributed by atoms with Crippen molar-refractivity contribution in [3.63, 3.8) is 0 Å². The van der Waals surface area contributed by atoms with Crippen molar-refractivity contribution in [1.82, 2.24) is 0 Å². The molecule has 0 unspecified atom stereocenters. The van der Waals surface area contributed by atoms with Gasteiger partial charge in [-0.3, -0.25) is 0 Å². The van der Waals surface area contributed by atoms with Crippen molar-refractivity contribution in [3.05, 3.63) is 92.2 Å². The maximum Gasteiger partial charge on any atom is 0.380 e. The number of allylic oxidation sites excluding steroid dienone is 2. The molecule has 1 aliphatic carbocycles. The summed E-state index contributed by atoms with van der Waals surface area (Å²) in [5.41, 5.74) is -3.75. The molecule has 0 aliphatic heterocycles. The Kier molecular flexibility index (Phi) is 22.7. The molecule has 0 saturated carbocycles. The summed E-state index contributed by atoms with van der Waals surface area (Å²) in [4.78, 5) is 40.0. The highest BCUT2D eigenvalue weighted by Gasteiger charge is 2.80. The molecule has 5 rings (SSSR count). The minimum Gasteiger partial charge on any atom is -0.462 e. The fraction of sp³-hybridized carbons (Fsp3) is 0.519. The Balaban J connectivity index is 1.43. The minimum absolute atomic E-state index is 0.00694. The lowest BCUT2D eigenvalue weighted by molar-refractivity contribution is -0.254. The van der Waals surface area contributed by atoms with Gasteiger partial charge < -0.3 is 42.6 Å². The third-order valence-electron chi connectivity index (χ3n) is 11.4. The number of methoxy groups -OCH3 is 2. The Morgan fingerprint density at radius 3 is 1.31 bits per heavy atom. The van der Waals surface area contributed by atoms with Crippen molar-refractivity contribution in [3.8, 4) is 20.9 Å². The molecule has 396 valence electrons. The average molecular weight is 1060 g/mol. The molecule has 2 aromatic heterocycles. The number of unbranched alkanes of at least 4 members (excludes halogenated alkanes) is 5. The van der Waals surface area contributed by atoms with Gasteiger partial charge in [0.15, 0.2) is 0 Å². The van der Waals surface area contributed by atoms with Gasteiger partial charge in [0.05, 0.1) is 89.4 Å². The summed E-state index contributed by atoms with van der Waals surface area (Å²) in [6.45, 7) is 7.13. The fourth-order valence-corrected chi connectivity index (χ4v) is 9.61. The third-order valence-corrected chi connectivity index (χ3v) is 13.6. The summed E-state index contributed by atoms with van der Waals surface area (Å²) < 4.78 is 144. The van der Waals surface area contributed by atoms with E-state index in [1.54, 1.807) is 0 Å². The number of ether oxygens (including phenoxy) is 9. The Labute approximate surface area is 423 Å². The molecule has 0 spiro atoms. The van der Waals surface area contributed by atoms with E-state index in [9.17, 15) is 14.4 Å². The van der Waals surface area contributed by atoms with Crippen molar-refractivity contribution in [1.29, 1.82) is 0 Å². The van der Waals surface area contributed by atoms with Gasteiger partial charge in [0.2, 0.25) is 0 Å². The van der Waals surface area contributed by atoms with Crippen LogP contribution in [0.4, 0.5) is 26.3 Å². The lowest BCUT2D eigenvalue weighted by Gasteiger charge is -2.25. The molecule has 0 N–H and O–H groups in total. The van der Waals surface area contributed by atoms with Crippen LogP contribution in [0.15, 0.2) is 54.6 Å². The number of esters is 3. The van der Waals surface area contributed by atoms with E-state index in [2.05, 4.69) is 6.92 Å². The first-order valence-electron chi connectivity index (χ1n) is 23.7. The molecule has 72 heavy (non-hydrogen) atoms. The quantitative estimate of drug-likeness (QED) is 0.0199. The number of halogens is 6. The van der Waals surface area contributed by atoms with Gasteiger partial charge in [-0.05, 0) is 85.0 Å². The number of carbonyl (C=O) groups is 3. The minimum atomic E-state index is -5.84. The van der Waals surface area contributed by atoms with Crippen molar-refractivity contribution in [2.75, 3.05) is 100 Å². The number of hydrogen-bond acceptors (Lipinski definition) is 14. The molecule has 0 radical (unpaired) electrons. The molecule has 0 amide bonds. The van der Waals surface area contributed by atoms with E-state index in [1.807, 2.05) is 0 Å². The summed E-state index contributed by atoms with van der Waals surface area (Å²) in [5, 5.41) is 0. The number of benzene rings is 2. The first-order valence-corrected chi connectivity index (χ1v) is 25.3. The van der Waals surface area contributed by atoms with Gasteiger partial charge in [0.1, 0.15) is 13.2 Å². The maximum absolute atomic E-state index is 16.2. The standard InChI is InChI=1S/C52H62F6O12S2/c1-6-7-8-9-10-11-16-68-47(59)37-14-12-36(13-15-37)43-32-41(34(2)71-43)45-46(51(55,56)52(57,58)50(45,53)54)42-33-44(72-35(42)3)38-29-39(48(60)69-27-25-66-23-21-64-19-17-62-4)31-40(30-38)49(61)70-28-26-67-24-22-65-20-18-63-5/h12-15,29-33H,6-11,16-28H2,1-5H3. The topological polar surface area (TPSA) is 134 Å². The van der Waals surface area contributed by atoms with Crippen LogP contribution >= 0.6 is 22.7 Å². The Hall–Kier alpha value is -4.67. The summed E-state index contributed by atoms with van der Waals surface area (Å²) in [5.74, 6) is -18.9. The van der Waals surface area contributed by atoms with Crippen LogP contribution in [0.25, 0.3) is 32.0 Å². The van der Waals surface area contributed by atoms with Crippen LogP contribution in [-0.2, 0) is 42.6 Å². The molecule has 0 atom stereocenters. The van der Waals surface area contributed by atoms with Gasteiger partial charge in [-0.15, -0.1) is 22.7 Å². The molecule has 0 fully saturated rings. The average Bonchev–Trinajstić information content (AvgIpc) is 3.97. The van der Waals surface area contributed by atoms with E-state index in [0.717, 1.165) is 60.8 Å². The lowest BCUT2D eigenvalue weighted by Crippen LogP contribution is -2.48. The van der Waals surface area contributed by atoms with Crippen LogP contribution in [-0.4, -0.2) is 136 Å². The number of thiophene rings is 2. The molecule has 1 aliphatic rings. The van der Waals surface area contributed by atoms with Crippen LogP contribution in [0.1, 0.15) is 97.4 Å². The summed E-state index contributed by atoms with van der Waals surface area (Å²) in [7, 11) is 3.08. The summed E-state index contributed by atoms with van der Waals surface area (Å²) in [6, 6.07) is 12.1. The van der Waals surface area contributed by atoms with Crippen molar-refractivity contribution in [2.45, 2.75) is 77.1 Å². The van der Waals surface area contributed by atoms with E-state index < -0.39 is 57.9 Å². The summed E-state index contributed by atoms with van der Waals surface area (Å²) in [6.07, 6.45) is 6.06. The second-order valence-electron chi connectivity index (χ2n) is 16.6. The maximum atomic E-state index is 16.2. The van der Waals surface area contributed by atoms with Crippen LogP contribution in [0.5, 0.6) is 0 Å². The molecule has 2 aromatic carbocycles. The second kappa shape index (κ2) is 28.1. The number of rotatable bonds is 32. The van der Waals surface area contributed by atoms with Crippen molar-refractivity contribution < 1.29 is 83.4 Å². The first kappa shape index (κ1) is 58.2. The van der Waals surface area contributed by atoms with Crippen LogP contribution in [0.2, 0.25) is 0 Å². The highest BCUT2D eigenvalue weighted by atomic mass is 32.1. The van der Waals surface area contributed by atoms with Gasteiger partial charge in [0.25, 0.3) is 0 Å². The summed E-state index contributed by atoms with van der Waals surface area (Å²) >= 11 is 1.74. The van der Waals surface area contributed by atoms with E-state index in [1.165, 1.54) is 76.6 Å². The highest BCUT2D eigenvalue weighted by Crippen LogP contribution is 2.66. The van der Waals surface area contributed by atoms with Gasteiger partial charge >= 0.3 is 35.7 Å². The van der Waals surface area contributed by atoms with Crippen molar-refractivity contribution >= 4 is 51.7 Å². The van der Waals surface area contributed by atoms with Crippen LogP contribution < -0.4 is 0 Å². The predicted octanol–water partition coefficient (Wildman–Crippen LogP) is 11.8. The Morgan fingerprint density at radius 1 is 0.458 bits per heavy atom. The van der Waals surface area contributed by atoms with E-state index in [0.29, 0.717) is 43.3 Å². The van der Waals surface area contributed by atoms with E-state index >= 15 is 26.3 Å². The largest absolute Gasteiger partial charge is 0.462 e. The smallest absolute Gasteiger partial charge is 0.380 e. The van der Waals surface area contributed by atoms with Gasteiger partial charge in [-0.2, -0.15) is 26.3 Å². The monoisotopic (exact) mass is 1060 g/mol. The van der Waals surface area contributed by atoms with E-state index in [-0.39, 0.29) is 96.3 Å². The number of alkyl halides is 6. The van der Waals surface area contributed by atoms with Crippen LogP contribution in [0.3, 0.4) is 0 Å². The predicted molar refractivity (Wildman–Crippen MR) is 262 cm³/mol. The molecular formula is C52H62F6O12S2. The zero-order chi connectivity index (χ0) is 52.3. The molecule has 20 heteroatoms. The van der Waals surface area contributed by atoms with Gasteiger partial charge in [-0.25, -0.2) is 14.4 Å². The SMILES string of the molecule is CCCCCCCCOC(=O)c1ccc(-c2cc(C3=C(c4cc(-c5cc(C(=O)OCCOCCOCCOC)cc(C(=O)OCCOCCOCCOC)c5)sc4C)C(F)(F)C(F)(F)C3(F)F)c(C)s2)cc1. The molecule has 12 nitrogen and oxygen atoms in total. The normalized spacial score (nSPS) is 14.8. The zero-order valence-corrected chi connectivity index (χ0v) is 42.7. The molecule has 4 aromatic rings. The molecule has 0 bridgehead atoms. The third kappa shape index (κ3) is 15.0. The fourth-order valence-electron chi connectivity index (χ4n) is 7.57. The lowest BCUT2D eigenvalue weighted by atomic mass is 9.94. The number of aryl methyl sites for hydroxylation is 2. The highest BCUT2D eigenvalue weighted by molar-refractivity contribution is 7.16. The molecule has 2 heterocycles. The molecular weight excluding hydrogens is 995 g/mol. The Morgan fingerprint density at radius 2 is 0.847 bits per heavy atom. The van der Waals surface area contributed by atoms with Crippen molar-refractivity contribution in [2.24, 2.45) is 0 Å². The zero-order valence-electron chi connectivity index (χ0n) is 41.1. The van der Waals surface area contributed by atoms with E-state index in [4.69, 9.17) is 42.6 Å².